The minimum atomic E-state index is 1.11. The number of aryl methyl sites for hydroxylation is 6. The van der Waals surface area contributed by atoms with Crippen LogP contribution in [0.2, 0.25) is 0 Å². The highest BCUT2D eigenvalue weighted by molar-refractivity contribution is 6.17. The van der Waals surface area contributed by atoms with E-state index in [1.54, 1.807) is 0 Å². The zero-order chi connectivity index (χ0) is 43.2. The Balaban J connectivity index is 1.24. The van der Waals surface area contributed by atoms with Gasteiger partial charge >= 0.3 is 0 Å². The molecule has 0 N–H and O–H groups in total. The van der Waals surface area contributed by atoms with E-state index < -0.39 is 0 Å². The number of para-hydroxylation sites is 2. The summed E-state index contributed by atoms with van der Waals surface area (Å²) in [5, 5.41) is 2.47. The molecule has 0 aliphatic rings. The molecule has 0 saturated heterocycles. The second kappa shape index (κ2) is 16.3. The van der Waals surface area contributed by atoms with Crippen molar-refractivity contribution in [3.8, 4) is 27.9 Å². The monoisotopic (exact) mass is 813 g/mol. The molecule has 306 valence electrons. The van der Waals surface area contributed by atoms with Crippen molar-refractivity contribution >= 4 is 55.9 Å². The Bertz CT molecular complexity index is 3160. The molecule has 0 aliphatic carbocycles. The molecule has 0 bridgehead atoms. The topological polar surface area (TPSA) is 11.4 Å². The molecule has 0 amide bonds. The summed E-state index contributed by atoms with van der Waals surface area (Å²) in [7, 11) is 0. The second-order valence-corrected chi connectivity index (χ2v) is 17.1. The van der Waals surface area contributed by atoms with E-state index >= 15 is 0 Å². The van der Waals surface area contributed by atoms with Gasteiger partial charge in [-0.2, -0.15) is 0 Å². The standard InChI is InChI=1S/C60H51N3/c1-40-16-26-48(27-17-40)61(49-28-18-41(2)19-29-49)52-34-24-44(5)55(38-52)46-36-57(60-54-14-10-11-15-58(54)63(59(60)37-46)47-12-8-7-9-13-47)56-39-53(35-25-45(56)6)62(50-30-20-42(3)21-31-50)51-32-22-43(4)23-33-51/h7-39H,1-6H3. The Morgan fingerprint density at radius 3 is 1.22 bits per heavy atom. The quantitative estimate of drug-likeness (QED) is 0.144. The fourth-order valence-electron chi connectivity index (χ4n) is 9.09. The van der Waals surface area contributed by atoms with Crippen molar-refractivity contribution in [3.63, 3.8) is 0 Å². The number of aromatic nitrogens is 1. The molecule has 0 fully saturated rings. The van der Waals surface area contributed by atoms with Crippen LogP contribution in [-0.4, -0.2) is 4.57 Å². The van der Waals surface area contributed by atoms with Gasteiger partial charge < -0.3 is 14.4 Å². The van der Waals surface area contributed by atoms with E-state index in [1.165, 1.54) is 77.4 Å². The number of fused-ring (bicyclic) bond motifs is 3. The maximum Gasteiger partial charge on any atom is 0.0553 e. The van der Waals surface area contributed by atoms with Gasteiger partial charge in [0.05, 0.1) is 11.0 Å². The van der Waals surface area contributed by atoms with Gasteiger partial charge in [-0.1, -0.05) is 119 Å². The van der Waals surface area contributed by atoms with E-state index in [-0.39, 0.29) is 0 Å². The zero-order valence-electron chi connectivity index (χ0n) is 36.9. The van der Waals surface area contributed by atoms with E-state index in [9.17, 15) is 0 Å². The molecule has 10 rings (SSSR count). The third-order valence-electron chi connectivity index (χ3n) is 12.5. The van der Waals surface area contributed by atoms with Gasteiger partial charge in [-0.25, -0.2) is 0 Å². The summed E-state index contributed by atoms with van der Waals surface area (Å²) in [6, 6.07) is 73.9. The van der Waals surface area contributed by atoms with Gasteiger partial charge in [0.2, 0.25) is 0 Å². The van der Waals surface area contributed by atoms with Crippen LogP contribution >= 0.6 is 0 Å². The molecule has 0 spiro atoms. The van der Waals surface area contributed by atoms with Crippen LogP contribution in [0, 0.1) is 41.5 Å². The summed E-state index contributed by atoms with van der Waals surface area (Å²) in [5.41, 5.74) is 22.4. The molecule has 3 nitrogen and oxygen atoms in total. The Labute approximate surface area is 371 Å². The van der Waals surface area contributed by atoms with Crippen LogP contribution in [0.5, 0.6) is 0 Å². The molecule has 0 atom stereocenters. The Hall–Kier alpha value is -7.62. The summed E-state index contributed by atoms with van der Waals surface area (Å²) in [6.07, 6.45) is 0. The van der Waals surface area contributed by atoms with Crippen LogP contribution in [-0.2, 0) is 0 Å². The van der Waals surface area contributed by atoms with E-state index in [0.29, 0.717) is 0 Å². The summed E-state index contributed by atoms with van der Waals surface area (Å²) < 4.78 is 2.45. The maximum atomic E-state index is 2.45. The predicted octanol–water partition coefficient (Wildman–Crippen LogP) is 16.9. The molecule has 10 aromatic rings. The van der Waals surface area contributed by atoms with E-state index in [0.717, 1.165) is 39.8 Å². The number of benzene rings is 9. The van der Waals surface area contributed by atoms with Gasteiger partial charge in [0.1, 0.15) is 0 Å². The first-order chi connectivity index (χ1) is 30.7. The molecule has 9 aromatic carbocycles. The first-order valence-electron chi connectivity index (χ1n) is 21.9. The Kier molecular flexibility index (Phi) is 10.2. The zero-order valence-corrected chi connectivity index (χ0v) is 36.9. The van der Waals surface area contributed by atoms with Gasteiger partial charge in [-0.3, -0.25) is 0 Å². The van der Waals surface area contributed by atoms with Gasteiger partial charge in [0.25, 0.3) is 0 Å². The molecule has 0 radical (unpaired) electrons. The van der Waals surface area contributed by atoms with Crippen molar-refractivity contribution in [1.82, 2.24) is 4.57 Å². The number of rotatable bonds is 9. The van der Waals surface area contributed by atoms with Crippen LogP contribution in [0.4, 0.5) is 34.1 Å². The van der Waals surface area contributed by atoms with Gasteiger partial charge in [-0.15, -0.1) is 0 Å². The average Bonchev–Trinajstić information content (AvgIpc) is 3.64. The minimum Gasteiger partial charge on any atom is -0.310 e. The van der Waals surface area contributed by atoms with Crippen molar-refractivity contribution in [2.75, 3.05) is 9.80 Å². The van der Waals surface area contributed by atoms with Gasteiger partial charge in [-0.05, 0) is 178 Å². The minimum absolute atomic E-state index is 1.11. The van der Waals surface area contributed by atoms with Gasteiger partial charge in [0.15, 0.2) is 0 Å². The molecule has 3 heteroatoms. The largest absolute Gasteiger partial charge is 0.310 e. The third-order valence-corrected chi connectivity index (χ3v) is 12.5. The second-order valence-electron chi connectivity index (χ2n) is 17.1. The first-order valence-corrected chi connectivity index (χ1v) is 21.9. The molecule has 1 aromatic heterocycles. The number of hydrogen-bond acceptors (Lipinski definition) is 2. The number of hydrogen-bond donors (Lipinski definition) is 0. The smallest absolute Gasteiger partial charge is 0.0553 e. The van der Waals surface area contributed by atoms with E-state index in [1.807, 2.05) is 0 Å². The van der Waals surface area contributed by atoms with Crippen molar-refractivity contribution in [2.45, 2.75) is 41.5 Å². The molecular formula is C60H51N3. The molecule has 1 heterocycles. The lowest BCUT2D eigenvalue weighted by Crippen LogP contribution is -2.10. The predicted molar refractivity (Wildman–Crippen MR) is 269 cm³/mol. The molecule has 63 heavy (non-hydrogen) atoms. The lowest BCUT2D eigenvalue weighted by Gasteiger charge is -2.27. The Morgan fingerprint density at radius 1 is 0.317 bits per heavy atom. The van der Waals surface area contributed by atoms with Crippen LogP contribution in [0.15, 0.2) is 200 Å². The average molecular weight is 814 g/mol. The lowest BCUT2D eigenvalue weighted by molar-refractivity contribution is 1.18. The summed E-state index contributed by atoms with van der Waals surface area (Å²) in [6.45, 7) is 13.1. The summed E-state index contributed by atoms with van der Waals surface area (Å²) >= 11 is 0. The normalized spacial score (nSPS) is 11.3. The maximum absolute atomic E-state index is 2.45. The van der Waals surface area contributed by atoms with Crippen molar-refractivity contribution < 1.29 is 0 Å². The van der Waals surface area contributed by atoms with Crippen LogP contribution in [0.25, 0.3) is 49.7 Å². The van der Waals surface area contributed by atoms with Crippen LogP contribution in [0.3, 0.4) is 0 Å². The highest BCUT2D eigenvalue weighted by Gasteiger charge is 2.22. The molecule has 0 unspecified atom stereocenters. The number of nitrogens with zero attached hydrogens (tertiary/aromatic N) is 3. The number of anilines is 6. The van der Waals surface area contributed by atoms with E-state index in [4.69, 9.17) is 0 Å². The van der Waals surface area contributed by atoms with Crippen molar-refractivity contribution in [1.29, 1.82) is 0 Å². The van der Waals surface area contributed by atoms with Crippen LogP contribution in [0.1, 0.15) is 33.4 Å². The lowest BCUT2D eigenvalue weighted by atomic mass is 9.90. The molecular weight excluding hydrogens is 763 g/mol. The van der Waals surface area contributed by atoms with E-state index in [2.05, 4.69) is 256 Å². The molecule has 0 aliphatic heterocycles. The summed E-state index contributed by atoms with van der Waals surface area (Å²) in [5.74, 6) is 0. The van der Waals surface area contributed by atoms with Crippen molar-refractivity contribution in [3.05, 3.63) is 234 Å². The Morgan fingerprint density at radius 2 is 0.730 bits per heavy atom. The fraction of sp³-hybridized carbons (Fsp3) is 0.100. The SMILES string of the molecule is Cc1ccc(N(c2ccc(C)cc2)c2ccc(C)c(-c3cc(-c4cc(N(c5ccc(C)cc5)c5ccc(C)cc5)ccc4C)c4c5ccccc5n(-c5ccccc5)c4c3)c2)cc1. The first kappa shape index (κ1) is 39.5. The fourth-order valence-corrected chi connectivity index (χ4v) is 9.09. The van der Waals surface area contributed by atoms with Crippen molar-refractivity contribution in [2.24, 2.45) is 0 Å². The third kappa shape index (κ3) is 7.46. The van der Waals surface area contributed by atoms with Gasteiger partial charge in [0, 0.05) is 50.6 Å². The summed E-state index contributed by atoms with van der Waals surface area (Å²) in [4.78, 5) is 4.76. The highest BCUT2D eigenvalue weighted by Crippen LogP contribution is 2.46. The molecule has 0 saturated carbocycles. The van der Waals surface area contributed by atoms with Crippen LogP contribution < -0.4 is 9.80 Å². The highest BCUT2D eigenvalue weighted by atomic mass is 15.1.